The minimum Gasteiger partial charge on any atom is -0.376 e. The van der Waals surface area contributed by atoms with Gasteiger partial charge in [-0.05, 0) is 19.3 Å². The standard InChI is InChI=1S/C8H11ClO2/c1-11-7-4-2-3-6(5-10)8(7)9/h5,7H,2-4H2,1H3. The van der Waals surface area contributed by atoms with Gasteiger partial charge in [-0.15, -0.1) is 0 Å². The molecule has 0 aromatic carbocycles. The van der Waals surface area contributed by atoms with E-state index >= 15 is 0 Å². The first-order valence-corrected chi connectivity index (χ1v) is 4.04. The van der Waals surface area contributed by atoms with Crippen LogP contribution in [0.15, 0.2) is 10.6 Å². The van der Waals surface area contributed by atoms with Crippen molar-refractivity contribution >= 4 is 17.9 Å². The van der Waals surface area contributed by atoms with Gasteiger partial charge >= 0.3 is 0 Å². The van der Waals surface area contributed by atoms with Gasteiger partial charge in [0, 0.05) is 12.7 Å². The summed E-state index contributed by atoms with van der Waals surface area (Å²) in [5.74, 6) is 0. The molecule has 1 atom stereocenters. The molecule has 0 amide bonds. The fourth-order valence-corrected chi connectivity index (χ4v) is 1.60. The number of carbonyl (C=O) groups is 1. The van der Waals surface area contributed by atoms with Gasteiger partial charge in [-0.2, -0.15) is 0 Å². The molecule has 0 fully saturated rings. The molecule has 1 unspecified atom stereocenters. The average molecular weight is 175 g/mol. The lowest BCUT2D eigenvalue weighted by Gasteiger charge is -2.20. The Bertz CT molecular complexity index is 187. The lowest BCUT2D eigenvalue weighted by atomic mass is 9.98. The van der Waals surface area contributed by atoms with E-state index in [2.05, 4.69) is 0 Å². The minimum absolute atomic E-state index is 0.0504. The van der Waals surface area contributed by atoms with Crippen molar-refractivity contribution in [2.45, 2.75) is 25.4 Å². The molecule has 0 bridgehead atoms. The molecule has 0 N–H and O–H groups in total. The molecule has 11 heavy (non-hydrogen) atoms. The van der Waals surface area contributed by atoms with E-state index in [1.807, 2.05) is 0 Å². The molecule has 1 aliphatic rings. The second-order valence-electron chi connectivity index (χ2n) is 2.61. The minimum atomic E-state index is -0.0504. The van der Waals surface area contributed by atoms with Crippen LogP contribution in [0.2, 0.25) is 0 Å². The zero-order chi connectivity index (χ0) is 8.27. The molecule has 0 saturated heterocycles. The Balaban J connectivity index is 2.79. The summed E-state index contributed by atoms with van der Waals surface area (Å²) in [5.41, 5.74) is 0.699. The molecule has 0 aliphatic heterocycles. The zero-order valence-corrected chi connectivity index (χ0v) is 7.23. The number of aldehydes is 1. The van der Waals surface area contributed by atoms with Crippen LogP contribution in [-0.2, 0) is 9.53 Å². The molecule has 0 radical (unpaired) electrons. The van der Waals surface area contributed by atoms with Crippen LogP contribution in [0.1, 0.15) is 19.3 Å². The second-order valence-corrected chi connectivity index (χ2v) is 3.01. The van der Waals surface area contributed by atoms with Gasteiger partial charge in [0.05, 0.1) is 11.1 Å². The monoisotopic (exact) mass is 174 g/mol. The molecule has 2 nitrogen and oxygen atoms in total. The van der Waals surface area contributed by atoms with E-state index in [4.69, 9.17) is 16.3 Å². The molecule has 0 spiro atoms. The first-order chi connectivity index (χ1) is 5.29. The summed E-state index contributed by atoms with van der Waals surface area (Å²) in [4.78, 5) is 10.4. The number of ether oxygens (including phenoxy) is 1. The molecule has 62 valence electrons. The number of hydrogen-bond acceptors (Lipinski definition) is 2. The number of carbonyl (C=O) groups excluding carboxylic acids is 1. The maximum atomic E-state index is 10.4. The van der Waals surface area contributed by atoms with Crippen LogP contribution >= 0.6 is 11.6 Å². The van der Waals surface area contributed by atoms with E-state index in [1.165, 1.54) is 0 Å². The fourth-order valence-electron chi connectivity index (χ4n) is 1.27. The van der Waals surface area contributed by atoms with Crippen LogP contribution in [0.3, 0.4) is 0 Å². The Morgan fingerprint density at radius 3 is 3.00 bits per heavy atom. The van der Waals surface area contributed by atoms with Gasteiger partial charge in [0.25, 0.3) is 0 Å². The van der Waals surface area contributed by atoms with Crippen molar-refractivity contribution in [3.05, 3.63) is 10.6 Å². The topological polar surface area (TPSA) is 26.3 Å². The number of methoxy groups -OCH3 is 1. The number of allylic oxidation sites excluding steroid dienone is 1. The van der Waals surface area contributed by atoms with Crippen molar-refractivity contribution in [2.24, 2.45) is 0 Å². The predicted molar refractivity (Wildman–Crippen MR) is 43.6 cm³/mol. The van der Waals surface area contributed by atoms with Crippen LogP contribution in [-0.4, -0.2) is 19.5 Å². The van der Waals surface area contributed by atoms with Crippen molar-refractivity contribution in [3.63, 3.8) is 0 Å². The van der Waals surface area contributed by atoms with E-state index in [0.29, 0.717) is 10.6 Å². The SMILES string of the molecule is COC1CCCC(C=O)=C1Cl. The largest absolute Gasteiger partial charge is 0.376 e. The van der Waals surface area contributed by atoms with Gasteiger partial charge in [-0.25, -0.2) is 0 Å². The first kappa shape index (κ1) is 8.75. The van der Waals surface area contributed by atoms with Crippen LogP contribution in [0.4, 0.5) is 0 Å². The molecular formula is C8H11ClO2. The van der Waals surface area contributed by atoms with Crippen LogP contribution in [0.5, 0.6) is 0 Å². The fraction of sp³-hybridized carbons (Fsp3) is 0.625. The highest BCUT2D eigenvalue weighted by Crippen LogP contribution is 2.28. The molecular weight excluding hydrogens is 164 g/mol. The molecule has 0 saturated carbocycles. The summed E-state index contributed by atoms with van der Waals surface area (Å²) >= 11 is 5.87. The summed E-state index contributed by atoms with van der Waals surface area (Å²) in [6.07, 6.45) is 3.48. The van der Waals surface area contributed by atoms with E-state index in [0.717, 1.165) is 25.5 Å². The summed E-state index contributed by atoms with van der Waals surface area (Å²) in [5, 5.41) is 0.591. The second kappa shape index (κ2) is 3.88. The van der Waals surface area contributed by atoms with E-state index in [-0.39, 0.29) is 6.10 Å². The molecule has 1 aliphatic carbocycles. The number of hydrogen-bond donors (Lipinski definition) is 0. The van der Waals surface area contributed by atoms with Gasteiger partial charge in [-0.1, -0.05) is 11.6 Å². The zero-order valence-electron chi connectivity index (χ0n) is 6.47. The predicted octanol–water partition coefficient (Wildman–Crippen LogP) is 1.88. The lowest BCUT2D eigenvalue weighted by Crippen LogP contribution is -2.17. The third-order valence-corrected chi connectivity index (χ3v) is 2.41. The summed E-state index contributed by atoms with van der Waals surface area (Å²) in [7, 11) is 1.61. The Kier molecular flexibility index (Phi) is 3.09. The quantitative estimate of drug-likeness (QED) is 0.598. The van der Waals surface area contributed by atoms with Gasteiger partial charge in [0.15, 0.2) is 0 Å². The number of rotatable bonds is 2. The smallest absolute Gasteiger partial charge is 0.147 e. The highest BCUT2D eigenvalue weighted by atomic mass is 35.5. The highest BCUT2D eigenvalue weighted by Gasteiger charge is 2.20. The van der Waals surface area contributed by atoms with Crippen molar-refractivity contribution in [1.29, 1.82) is 0 Å². The van der Waals surface area contributed by atoms with Gasteiger partial charge in [0.1, 0.15) is 6.29 Å². The van der Waals surface area contributed by atoms with Gasteiger partial charge in [-0.3, -0.25) is 4.79 Å². The van der Waals surface area contributed by atoms with E-state index in [1.54, 1.807) is 7.11 Å². The lowest BCUT2D eigenvalue weighted by molar-refractivity contribution is -0.105. The van der Waals surface area contributed by atoms with Crippen molar-refractivity contribution in [2.75, 3.05) is 7.11 Å². The first-order valence-electron chi connectivity index (χ1n) is 3.66. The third-order valence-electron chi connectivity index (χ3n) is 1.93. The summed E-state index contributed by atoms with van der Waals surface area (Å²) in [6, 6.07) is 0. The maximum absolute atomic E-state index is 10.4. The van der Waals surface area contributed by atoms with Gasteiger partial charge < -0.3 is 4.74 Å². The molecule has 0 heterocycles. The van der Waals surface area contributed by atoms with Crippen molar-refractivity contribution in [1.82, 2.24) is 0 Å². The van der Waals surface area contributed by atoms with Crippen LogP contribution < -0.4 is 0 Å². The van der Waals surface area contributed by atoms with E-state index < -0.39 is 0 Å². The third kappa shape index (κ3) is 1.82. The Morgan fingerprint density at radius 2 is 2.45 bits per heavy atom. The Morgan fingerprint density at radius 1 is 1.73 bits per heavy atom. The maximum Gasteiger partial charge on any atom is 0.147 e. The van der Waals surface area contributed by atoms with Gasteiger partial charge in [0.2, 0.25) is 0 Å². The van der Waals surface area contributed by atoms with Crippen molar-refractivity contribution in [3.8, 4) is 0 Å². The van der Waals surface area contributed by atoms with Crippen molar-refractivity contribution < 1.29 is 9.53 Å². The summed E-state index contributed by atoms with van der Waals surface area (Å²) in [6.45, 7) is 0. The van der Waals surface area contributed by atoms with Crippen LogP contribution in [0.25, 0.3) is 0 Å². The molecule has 0 aromatic rings. The highest BCUT2D eigenvalue weighted by molar-refractivity contribution is 6.31. The molecule has 1 rings (SSSR count). The normalized spacial score (nSPS) is 25.5. The molecule has 0 aromatic heterocycles. The average Bonchev–Trinajstić information content (AvgIpc) is 2.05. The summed E-state index contributed by atoms with van der Waals surface area (Å²) < 4.78 is 5.09. The number of halogens is 1. The Hall–Kier alpha value is -0.340. The van der Waals surface area contributed by atoms with Crippen LogP contribution in [0, 0.1) is 0 Å². The van der Waals surface area contributed by atoms with E-state index in [9.17, 15) is 4.79 Å². The Labute approximate surface area is 71.2 Å². The molecule has 3 heteroatoms.